The van der Waals surface area contributed by atoms with E-state index in [0.717, 1.165) is 22.3 Å². The van der Waals surface area contributed by atoms with Crippen molar-refractivity contribution in [2.24, 2.45) is 5.92 Å². The Kier molecular flexibility index (Phi) is 10.2. The molecule has 9 nitrogen and oxygen atoms in total. The highest BCUT2D eigenvalue weighted by Crippen LogP contribution is 2.44. The van der Waals surface area contributed by atoms with Gasteiger partial charge in [0.15, 0.2) is 0 Å². The van der Waals surface area contributed by atoms with E-state index < -0.39 is 41.7 Å². The molecule has 1 heterocycles. The minimum absolute atomic E-state index is 0.0131. The van der Waals surface area contributed by atoms with Crippen LogP contribution in [0, 0.1) is 5.92 Å². The molecule has 3 aromatic carbocycles. The molecule has 2 amide bonds. The molecule has 0 fully saturated rings. The largest absolute Gasteiger partial charge is 0.460 e. The summed E-state index contributed by atoms with van der Waals surface area (Å²) in [5.41, 5.74) is 4.39. The first kappa shape index (κ1) is 32.5. The van der Waals surface area contributed by atoms with Crippen LogP contribution in [0.3, 0.4) is 0 Å². The minimum atomic E-state index is -1.04. The number of nitrogens with one attached hydrogen (secondary N) is 2. The first-order chi connectivity index (χ1) is 22.1. The van der Waals surface area contributed by atoms with Gasteiger partial charge in [-0.05, 0) is 61.4 Å². The molecule has 0 unspecified atom stereocenters. The Balaban J connectivity index is 1.30. The van der Waals surface area contributed by atoms with E-state index in [-0.39, 0.29) is 44.2 Å². The fraction of sp³-hybridized carbons (Fsp3) is 0.351. The van der Waals surface area contributed by atoms with Gasteiger partial charge in [0.05, 0.1) is 18.9 Å². The predicted octanol–water partition coefficient (Wildman–Crippen LogP) is 5.99. The highest BCUT2D eigenvalue weighted by molar-refractivity contribution is 5.85. The van der Waals surface area contributed by atoms with Gasteiger partial charge in [0.25, 0.3) is 0 Å². The molecule has 2 N–H and O–H groups in total. The standard InChI is InChI=1S/C37H40N2O7/c1-37(2,3)46-33(40)21-25-15-7-12-20-31(35(42)45-32(22-38-34(25)41)24-13-5-4-6-14-24)39-36(43)44-23-30-28-18-10-8-16-26(28)27-17-9-11-19-29(27)30/h4-14,16-19,25,30-32H,15,20-23H2,1-3H3,(H,38,41)(H,39,43)/b12-7-/t25-,31-,32-/m0/s1. The van der Waals surface area contributed by atoms with Crippen molar-refractivity contribution < 1.29 is 33.4 Å². The molecule has 1 aliphatic carbocycles. The van der Waals surface area contributed by atoms with Crippen molar-refractivity contribution in [2.45, 2.75) is 63.7 Å². The van der Waals surface area contributed by atoms with Crippen LogP contribution in [0.15, 0.2) is 91.0 Å². The first-order valence-corrected chi connectivity index (χ1v) is 15.6. The summed E-state index contributed by atoms with van der Waals surface area (Å²) in [6.45, 7) is 5.40. The molecule has 0 aromatic heterocycles. The lowest BCUT2D eigenvalue weighted by molar-refractivity contribution is -0.157. The van der Waals surface area contributed by atoms with Crippen LogP contribution in [0.1, 0.15) is 68.7 Å². The van der Waals surface area contributed by atoms with Gasteiger partial charge in [0, 0.05) is 5.92 Å². The van der Waals surface area contributed by atoms with E-state index in [1.165, 1.54) is 0 Å². The first-order valence-electron chi connectivity index (χ1n) is 15.6. The summed E-state index contributed by atoms with van der Waals surface area (Å²) in [7, 11) is 0. The summed E-state index contributed by atoms with van der Waals surface area (Å²) < 4.78 is 17.0. The Morgan fingerprint density at radius 2 is 1.48 bits per heavy atom. The number of amides is 2. The van der Waals surface area contributed by atoms with E-state index in [1.807, 2.05) is 54.6 Å². The number of allylic oxidation sites excluding steroid dienone is 1. The molecule has 0 radical (unpaired) electrons. The maximum Gasteiger partial charge on any atom is 0.407 e. The molecule has 2 aliphatic rings. The van der Waals surface area contributed by atoms with Gasteiger partial charge in [0.1, 0.15) is 24.4 Å². The van der Waals surface area contributed by atoms with Crippen LogP contribution in [0.25, 0.3) is 11.1 Å². The predicted molar refractivity (Wildman–Crippen MR) is 173 cm³/mol. The highest BCUT2D eigenvalue weighted by Gasteiger charge is 2.32. The molecule has 9 heteroatoms. The zero-order valence-corrected chi connectivity index (χ0v) is 26.4. The molecule has 46 heavy (non-hydrogen) atoms. The summed E-state index contributed by atoms with van der Waals surface area (Å²) in [6.07, 6.45) is 2.10. The number of ether oxygens (including phenoxy) is 3. The molecule has 0 spiro atoms. The second-order valence-corrected chi connectivity index (χ2v) is 12.5. The van der Waals surface area contributed by atoms with E-state index in [4.69, 9.17) is 14.2 Å². The van der Waals surface area contributed by atoms with Crippen LogP contribution in [-0.2, 0) is 28.6 Å². The van der Waals surface area contributed by atoms with Crippen LogP contribution in [0.5, 0.6) is 0 Å². The van der Waals surface area contributed by atoms with Gasteiger partial charge in [-0.15, -0.1) is 0 Å². The van der Waals surface area contributed by atoms with E-state index in [0.29, 0.717) is 5.56 Å². The number of benzene rings is 3. The second kappa shape index (κ2) is 14.5. The third kappa shape index (κ3) is 8.21. The maximum atomic E-state index is 13.5. The van der Waals surface area contributed by atoms with Crippen molar-refractivity contribution in [1.82, 2.24) is 10.6 Å². The second-order valence-electron chi connectivity index (χ2n) is 12.5. The zero-order chi connectivity index (χ0) is 32.7. The van der Waals surface area contributed by atoms with Crippen LogP contribution in [-0.4, -0.2) is 48.7 Å². The van der Waals surface area contributed by atoms with Gasteiger partial charge in [0.2, 0.25) is 5.91 Å². The number of hydrogen-bond acceptors (Lipinski definition) is 7. The maximum absolute atomic E-state index is 13.5. The summed E-state index contributed by atoms with van der Waals surface area (Å²) in [5, 5.41) is 5.54. The average Bonchev–Trinajstić information content (AvgIpc) is 3.35. The number of alkyl carbamates (subject to hydrolysis) is 1. The summed E-state index contributed by atoms with van der Waals surface area (Å²) >= 11 is 0. The molecule has 3 aromatic rings. The SMILES string of the molecule is CC(C)(C)OC(=O)C[C@@H]1C/C=C\C[C@H](NC(=O)OCC2c3ccccc3-c3ccccc32)C(=O)O[C@H](c2ccccc2)CNC1=O. The Hall–Kier alpha value is -4.92. The topological polar surface area (TPSA) is 120 Å². The smallest absolute Gasteiger partial charge is 0.407 e. The molecule has 1 aliphatic heterocycles. The number of rotatable bonds is 6. The molecule has 5 rings (SSSR count). The van der Waals surface area contributed by atoms with Gasteiger partial charge < -0.3 is 24.8 Å². The van der Waals surface area contributed by atoms with Crippen molar-refractivity contribution in [3.63, 3.8) is 0 Å². The number of hydrogen-bond donors (Lipinski definition) is 2. The number of carbonyl (C=O) groups excluding carboxylic acids is 4. The Bertz CT molecular complexity index is 1550. The number of cyclic esters (lactones) is 1. The minimum Gasteiger partial charge on any atom is -0.460 e. The van der Waals surface area contributed by atoms with Crippen molar-refractivity contribution in [2.75, 3.05) is 13.2 Å². The Morgan fingerprint density at radius 3 is 2.13 bits per heavy atom. The van der Waals surface area contributed by atoms with Crippen molar-refractivity contribution in [1.29, 1.82) is 0 Å². The molecule has 0 bridgehead atoms. The molecular weight excluding hydrogens is 584 g/mol. The molecule has 0 saturated heterocycles. The van der Waals surface area contributed by atoms with Gasteiger partial charge >= 0.3 is 18.0 Å². The van der Waals surface area contributed by atoms with Crippen molar-refractivity contribution in [3.05, 3.63) is 108 Å². The lowest BCUT2D eigenvalue weighted by Crippen LogP contribution is -2.44. The zero-order valence-electron chi connectivity index (χ0n) is 26.4. The van der Waals surface area contributed by atoms with Crippen molar-refractivity contribution >= 4 is 23.9 Å². The lowest BCUT2D eigenvalue weighted by atomic mass is 9.98. The summed E-state index contributed by atoms with van der Waals surface area (Å²) in [5.74, 6) is -2.30. The number of esters is 2. The third-order valence-corrected chi connectivity index (χ3v) is 7.97. The highest BCUT2D eigenvalue weighted by atomic mass is 16.6. The molecule has 0 saturated carbocycles. The lowest BCUT2D eigenvalue weighted by Gasteiger charge is -2.25. The fourth-order valence-corrected chi connectivity index (χ4v) is 5.81. The molecule has 3 atom stereocenters. The normalized spacial score (nSPS) is 20.9. The van der Waals surface area contributed by atoms with Crippen LogP contribution >= 0.6 is 0 Å². The average molecular weight is 625 g/mol. The number of carbonyl (C=O) groups is 4. The van der Waals surface area contributed by atoms with Crippen LogP contribution < -0.4 is 10.6 Å². The fourth-order valence-electron chi connectivity index (χ4n) is 5.81. The third-order valence-electron chi connectivity index (χ3n) is 7.97. The number of fused-ring (bicyclic) bond motifs is 3. The van der Waals surface area contributed by atoms with Crippen molar-refractivity contribution in [3.8, 4) is 11.1 Å². The van der Waals surface area contributed by atoms with Gasteiger partial charge in [-0.25, -0.2) is 9.59 Å². The van der Waals surface area contributed by atoms with Crippen LogP contribution in [0.2, 0.25) is 0 Å². The monoisotopic (exact) mass is 624 g/mol. The Morgan fingerprint density at radius 1 is 0.870 bits per heavy atom. The van der Waals surface area contributed by atoms with E-state index in [9.17, 15) is 19.2 Å². The molecular formula is C37H40N2O7. The summed E-state index contributed by atoms with van der Waals surface area (Å²) in [6, 6.07) is 24.1. The van der Waals surface area contributed by atoms with Gasteiger partial charge in [-0.1, -0.05) is 91.0 Å². The summed E-state index contributed by atoms with van der Waals surface area (Å²) in [4.78, 5) is 52.3. The quantitative estimate of drug-likeness (QED) is 0.196. The van der Waals surface area contributed by atoms with E-state index >= 15 is 0 Å². The van der Waals surface area contributed by atoms with Crippen LogP contribution in [0.4, 0.5) is 4.79 Å². The van der Waals surface area contributed by atoms with Gasteiger partial charge in [-0.2, -0.15) is 0 Å². The Labute approximate surface area is 269 Å². The van der Waals surface area contributed by atoms with Gasteiger partial charge in [-0.3, -0.25) is 9.59 Å². The molecule has 240 valence electrons. The van der Waals surface area contributed by atoms with E-state index in [2.05, 4.69) is 22.8 Å². The van der Waals surface area contributed by atoms with E-state index in [1.54, 1.807) is 45.1 Å².